The molecule has 3 aromatic carbocycles. The Kier molecular flexibility index (Phi) is 5.71. The molecule has 0 aliphatic rings. The van der Waals surface area contributed by atoms with Crippen LogP contribution in [0.3, 0.4) is 0 Å². The van der Waals surface area contributed by atoms with Gasteiger partial charge in [0.2, 0.25) is 0 Å². The summed E-state index contributed by atoms with van der Waals surface area (Å²) >= 11 is 0. The van der Waals surface area contributed by atoms with Gasteiger partial charge in [0.15, 0.2) is 0 Å². The van der Waals surface area contributed by atoms with Crippen LogP contribution in [0.4, 0.5) is 0 Å². The number of para-hydroxylation sites is 3. The summed E-state index contributed by atoms with van der Waals surface area (Å²) in [5.74, 6) is 0.920. The second kappa shape index (κ2) is 8.74. The predicted octanol–water partition coefficient (Wildman–Crippen LogP) is 5.47. The van der Waals surface area contributed by atoms with Crippen molar-refractivity contribution in [2.75, 3.05) is 6.54 Å². The topological polar surface area (TPSA) is 38.1 Å². The van der Waals surface area contributed by atoms with E-state index in [2.05, 4.69) is 29.7 Å². The Bertz CT molecular complexity index is 1090. The fraction of sp³-hybridized carbons (Fsp3) is 0.200. The second-order valence-electron chi connectivity index (χ2n) is 7.13. The van der Waals surface area contributed by atoms with Gasteiger partial charge in [0.1, 0.15) is 5.82 Å². The van der Waals surface area contributed by atoms with E-state index in [4.69, 9.17) is 4.98 Å². The van der Waals surface area contributed by atoms with Crippen LogP contribution in [-0.4, -0.2) is 26.9 Å². The highest BCUT2D eigenvalue weighted by Crippen LogP contribution is 2.23. The van der Waals surface area contributed by atoms with Crippen LogP contribution >= 0.6 is 0 Å². The smallest absolute Gasteiger partial charge is 0.254 e. The summed E-state index contributed by atoms with van der Waals surface area (Å²) in [7, 11) is 0. The molecule has 0 N–H and O–H groups in total. The van der Waals surface area contributed by atoms with Crippen LogP contribution in [0.25, 0.3) is 16.7 Å². The van der Waals surface area contributed by atoms with E-state index in [1.54, 1.807) is 0 Å². The van der Waals surface area contributed by atoms with Gasteiger partial charge in [0.25, 0.3) is 5.91 Å². The molecule has 0 saturated heterocycles. The Morgan fingerprint density at radius 2 is 1.55 bits per heavy atom. The van der Waals surface area contributed by atoms with E-state index in [1.165, 1.54) is 0 Å². The maximum Gasteiger partial charge on any atom is 0.254 e. The molecule has 0 unspecified atom stereocenters. The van der Waals surface area contributed by atoms with E-state index >= 15 is 0 Å². The number of amides is 1. The van der Waals surface area contributed by atoms with Crippen molar-refractivity contribution in [3.05, 3.63) is 96.3 Å². The zero-order chi connectivity index (χ0) is 20.1. The zero-order valence-electron chi connectivity index (χ0n) is 16.7. The Morgan fingerprint density at radius 3 is 2.28 bits per heavy atom. The molecule has 0 atom stereocenters. The van der Waals surface area contributed by atoms with Crippen molar-refractivity contribution in [1.82, 2.24) is 14.5 Å². The molecule has 0 radical (unpaired) electrons. The van der Waals surface area contributed by atoms with Gasteiger partial charge in [-0.1, -0.05) is 61.9 Å². The van der Waals surface area contributed by atoms with Crippen LogP contribution < -0.4 is 0 Å². The maximum absolute atomic E-state index is 13.2. The number of hydrogen-bond donors (Lipinski definition) is 0. The number of hydrogen-bond acceptors (Lipinski definition) is 2. The molecule has 1 heterocycles. The van der Waals surface area contributed by atoms with Crippen molar-refractivity contribution in [1.29, 1.82) is 0 Å². The predicted molar refractivity (Wildman–Crippen MR) is 117 cm³/mol. The van der Waals surface area contributed by atoms with Crippen molar-refractivity contribution in [3.8, 4) is 5.69 Å². The SMILES string of the molecule is CCCCN(Cc1nc2ccccc2n1-c1ccccc1)C(=O)c1ccccc1. The third-order valence-corrected chi connectivity index (χ3v) is 5.07. The van der Waals surface area contributed by atoms with E-state index in [9.17, 15) is 4.79 Å². The lowest BCUT2D eigenvalue weighted by Crippen LogP contribution is -2.32. The first-order valence-electron chi connectivity index (χ1n) is 10.1. The van der Waals surface area contributed by atoms with E-state index in [-0.39, 0.29) is 5.91 Å². The van der Waals surface area contributed by atoms with Gasteiger partial charge >= 0.3 is 0 Å². The van der Waals surface area contributed by atoms with Crippen LogP contribution in [0.2, 0.25) is 0 Å². The summed E-state index contributed by atoms with van der Waals surface area (Å²) in [6, 6.07) is 27.8. The van der Waals surface area contributed by atoms with E-state index in [0.717, 1.165) is 35.4 Å². The van der Waals surface area contributed by atoms with E-state index < -0.39 is 0 Å². The molecular formula is C25H25N3O. The van der Waals surface area contributed by atoms with Crippen molar-refractivity contribution in [2.24, 2.45) is 0 Å². The van der Waals surface area contributed by atoms with Crippen LogP contribution in [0.1, 0.15) is 35.9 Å². The normalized spacial score (nSPS) is 10.9. The van der Waals surface area contributed by atoms with Gasteiger partial charge in [-0.3, -0.25) is 9.36 Å². The molecule has 0 spiro atoms. The minimum atomic E-state index is 0.0470. The highest BCUT2D eigenvalue weighted by atomic mass is 16.2. The van der Waals surface area contributed by atoms with E-state index in [0.29, 0.717) is 18.7 Å². The molecule has 1 aromatic heterocycles. The van der Waals surface area contributed by atoms with Gasteiger partial charge in [0, 0.05) is 17.8 Å². The summed E-state index contributed by atoms with van der Waals surface area (Å²) in [5.41, 5.74) is 3.76. The molecule has 4 aromatic rings. The third kappa shape index (κ3) is 4.06. The highest BCUT2D eigenvalue weighted by molar-refractivity contribution is 5.94. The maximum atomic E-state index is 13.2. The molecule has 4 heteroatoms. The molecule has 0 saturated carbocycles. The molecule has 0 bridgehead atoms. The van der Waals surface area contributed by atoms with Gasteiger partial charge in [-0.15, -0.1) is 0 Å². The van der Waals surface area contributed by atoms with Crippen molar-refractivity contribution in [2.45, 2.75) is 26.3 Å². The molecule has 1 amide bonds. The van der Waals surface area contributed by atoms with Crippen LogP contribution in [0.5, 0.6) is 0 Å². The Labute approximate surface area is 171 Å². The monoisotopic (exact) mass is 383 g/mol. The summed E-state index contributed by atoms with van der Waals surface area (Å²) < 4.78 is 2.16. The zero-order valence-corrected chi connectivity index (χ0v) is 16.7. The minimum Gasteiger partial charge on any atom is -0.331 e. The summed E-state index contributed by atoms with van der Waals surface area (Å²) in [5, 5.41) is 0. The number of benzene rings is 3. The van der Waals surface area contributed by atoms with Gasteiger partial charge in [-0.05, 0) is 42.8 Å². The average Bonchev–Trinajstić information content (AvgIpc) is 3.15. The molecule has 146 valence electrons. The number of imidazole rings is 1. The fourth-order valence-corrected chi connectivity index (χ4v) is 3.58. The number of aromatic nitrogens is 2. The van der Waals surface area contributed by atoms with Gasteiger partial charge in [-0.25, -0.2) is 4.98 Å². The first-order chi connectivity index (χ1) is 14.3. The number of carbonyl (C=O) groups excluding carboxylic acids is 1. The lowest BCUT2D eigenvalue weighted by atomic mass is 10.2. The van der Waals surface area contributed by atoms with Gasteiger partial charge in [0.05, 0.1) is 17.6 Å². The number of nitrogens with zero attached hydrogens (tertiary/aromatic N) is 3. The molecule has 0 aliphatic carbocycles. The molecular weight excluding hydrogens is 358 g/mol. The largest absolute Gasteiger partial charge is 0.331 e. The molecule has 0 fully saturated rings. The minimum absolute atomic E-state index is 0.0470. The Balaban J connectivity index is 1.75. The summed E-state index contributed by atoms with van der Waals surface area (Å²) in [6.07, 6.45) is 2.00. The standard InChI is InChI=1S/C25H25N3O/c1-2-3-18-27(25(29)20-12-6-4-7-13-20)19-24-26-22-16-10-11-17-23(22)28(24)21-14-8-5-9-15-21/h4-17H,2-3,18-19H2,1H3. The number of carbonyl (C=O) groups is 1. The molecule has 0 aliphatic heterocycles. The summed E-state index contributed by atoms with van der Waals surface area (Å²) in [6.45, 7) is 3.32. The number of rotatable bonds is 7. The Hall–Kier alpha value is -3.40. The highest BCUT2D eigenvalue weighted by Gasteiger charge is 2.20. The summed E-state index contributed by atoms with van der Waals surface area (Å²) in [4.78, 5) is 20.0. The number of fused-ring (bicyclic) bond motifs is 1. The van der Waals surface area contributed by atoms with Crippen molar-refractivity contribution < 1.29 is 4.79 Å². The van der Waals surface area contributed by atoms with Crippen LogP contribution in [-0.2, 0) is 6.54 Å². The van der Waals surface area contributed by atoms with Gasteiger partial charge < -0.3 is 4.90 Å². The van der Waals surface area contributed by atoms with Gasteiger partial charge in [-0.2, -0.15) is 0 Å². The molecule has 29 heavy (non-hydrogen) atoms. The second-order valence-corrected chi connectivity index (χ2v) is 7.13. The van der Waals surface area contributed by atoms with Crippen molar-refractivity contribution in [3.63, 3.8) is 0 Å². The first-order valence-corrected chi connectivity index (χ1v) is 10.1. The molecule has 4 nitrogen and oxygen atoms in total. The van der Waals surface area contributed by atoms with E-state index in [1.807, 2.05) is 71.6 Å². The quantitative estimate of drug-likeness (QED) is 0.424. The third-order valence-electron chi connectivity index (χ3n) is 5.07. The molecule has 4 rings (SSSR count). The first kappa shape index (κ1) is 18.9. The fourth-order valence-electron chi connectivity index (χ4n) is 3.58. The van der Waals surface area contributed by atoms with Crippen molar-refractivity contribution >= 4 is 16.9 Å². The van der Waals surface area contributed by atoms with Crippen LogP contribution in [0.15, 0.2) is 84.9 Å². The van der Waals surface area contributed by atoms with Crippen LogP contribution in [0, 0.1) is 0 Å². The lowest BCUT2D eigenvalue weighted by molar-refractivity contribution is 0.0736. The number of unbranched alkanes of at least 4 members (excludes halogenated alkanes) is 1. The average molecular weight is 383 g/mol. The lowest BCUT2D eigenvalue weighted by Gasteiger charge is -2.23. The Morgan fingerprint density at radius 1 is 0.897 bits per heavy atom.